The quantitative estimate of drug-likeness (QED) is 0.612. The number of hydrogen-bond acceptors (Lipinski definition) is 7. The molecule has 4 heterocycles. The molecule has 0 aliphatic carbocycles. The van der Waals surface area contributed by atoms with E-state index in [4.69, 9.17) is 9.84 Å². The molecule has 1 amide bonds. The summed E-state index contributed by atoms with van der Waals surface area (Å²) >= 11 is 0. The third-order valence-electron chi connectivity index (χ3n) is 4.37. The summed E-state index contributed by atoms with van der Waals surface area (Å²) in [4.78, 5) is 30.8. The molecule has 3 aromatic rings. The number of ether oxygens (including phenoxy) is 1. The molecule has 0 aromatic carbocycles. The molecule has 3 aromatic heterocycles. The Balaban J connectivity index is 1.70. The van der Waals surface area contributed by atoms with Gasteiger partial charge in [-0.15, -0.1) is 0 Å². The predicted molar refractivity (Wildman–Crippen MR) is 99.4 cm³/mol. The molecule has 0 atom stereocenters. The summed E-state index contributed by atoms with van der Waals surface area (Å²) in [6.07, 6.45) is 4.92. The van der Waals surface area contributed by atoms with Gasteiger partial charge >= 0.3 is 0 Å². The number of nitrogens with one attached hydrogen (secondary N) is 2. The molecule has 0 spiro atoms. The van der Waals surface area contributed by atoms with E-state index < -0.39 is 0 Å². The lowest BCUT2D eigenvalue weighted by molar-refractivity contribution is 0.0299. The molecule has 140 valence electrons. The van der Waals surface area contributed by atoms with Crippen molar-refractivity contribution in [1.29, 1.82) is 0 Å². The van der Waals surface area contributed by atoms with Crippen LogP contribution in [0.25, 0.3) is 22.3 Å². The van der Waals surface area contributed by atoms with E-state index in [1.165, 1.54) is 6.20 Å². The number of pyridine rings is 1. The largest absolute Gasteiger partial charge is 0.395 e. The fourth-order valence-electron chi connectivity index (χ4n) is 3.05. The summed E-state index contributed by atoms with van der Waals surface area (Å²) in [7, 11) is 0. The van der Waals surface area contributed by atoms with Crippen LogP contribution in [0.1, 0.15) is 10.5 Å². The number of aromatic nitrogens is 4. The molecule has 3 N–H and O–H groups in total. The van der Waals surface area contributed by atoms with E-state index in [1.807, 2.05) is 12.1 Å². The number of aromatic amines is 1. The van der Waals surface area contributed by atoms with Crippen molar-refractivity contribution in [1.82, 2.24) is 24.8 Å². The first-order valence-electron chi connectivity index (χ1n) is 8.78. The van der Waals surface area contributed by atoms with Crippen LogP contribution < -0.4 is 5.32 Å². The molecule has 0 unspecified atom stereocenters. The van der Waals surface area contributed by atoms with Crippen molar-refractivity contribution in [2.45, 2.75) is 0 Å². The monoisotopic (exact) mass is 368 g/mol. The van der Waals surface area contributed by atoms with E-state index in [0.717, 1.165) is 10.9 Å². The Morgan fingerprint density at radius 1 is 1.30 bits per heavy atom. The van der Waals surface area contributed by atoms with Gasteiger partial charge in [-0.1, -0.05) is 0 Å². The van der Waals surface area contributed by atoms with Crippen LogP contribution in [0.3, 0.4) is 0 Å². The molecule has 1 aliphatic heterocycles. The standard InChI is InChI=1S/C18H20N6O3/c25-6-3-20-16-9-13(12-1-2-21-17(12)23-16)14-10-19-11-15(22-14)18(26)24-4-7-27-8-5-24/h1-2,9-11,25H,3-8H2,(H2,20,21,23). The SMILES string of the molecule is O=C(c1cncc(-c2cc(NCCO)nc3[nH]ccc23)n1)N1CCOCC1. The number of anilines is 1. The first kappa shape index (κ1) is 17.4. The van der Waals surface area contributed by atoms with Gasteiger partial charge in [-0.25, -0.2) is 9.97 Å². The summed E-state index contributed by atoms with van der Waals surface area (Å²) in [6.45, 7) is 2.57. The van der Waals surface area contributed by atoms with Gasteiger partial charge in [0.2, 0.25) is 0 Å². The number of hydrogen-bond donors (Lipinski definition) is 3. The van der Waals surface area contributed by atoms with Crippen LogP contribution in [0.2, 0.25) is 0 Å². The second-order valence-electron chi connectivity index (χ2n) is 6.14. The summed E-state index contributed by atoms with van der Waals surface area (Å²) in [5, 5.41) is 13.0. The molecule has 9 heteroatoms. The van der Waals surface area contributed by atoms with Crippen LogP contribution >= 0.6 is 0 Å². The van der Waals surface area contributed by atoms with Crippen molar-refractivity contribution in [3.8, 4) is 11.3 Å². The number of carbonyl (C=O) groups is 1. The Hall–Kier alpha value is -3.04. The van der Waals surface area contributed by atoms with Crippen LogP contribution in [-0.4, -0.2) is 75.3 Å². The number of morpholine rings is 1. The Morgan fingerprint density at radius 3 is 2.96 bits per heavy atom. The molecular weight excluding hydrogens is 348 g/mol. The molecule has 1 aliphatic rings. The number of carbonyl (C=O) groups excluding carboxylic acids is 1. The minimum Gasteiger partial charge on any atom is -0.395 e. The zero-order valence-electron chi connectivity index (χ0n) is 14.7. The molecule has 4 rings (SSSR count). The van der Waals surface area contributed by atoms with Crippen molar-refractivity contribution < 1.29 is 14.6 Å². The van der Waals surface area contributed by atoms with Crippen molar-refractivity contribution in [3.05, 3.63) is 36.4 Å². The molecule has 0 bridgehead atoms. The van der Waals surface area contributed by atoms with E-state index in [9.17, 15) is 4.79 Å². The van der Waals surface area contributed by atoms with Crippen LogP contribution in [-0.2, 0) is 4.74 Å². The average Bonchev–Trinajstić information content (AvgIpc) is 3.20. The number of nitrogens with zero attached hydrogens (tertiary/aromatic N) is 4. The van der Waals surface area contributed by atoms with E-state index in [2.05, 4.69) is 25.3 Å². The number of aliphatic hydroxyl groups excluding tert-OH is 1. The van der Waals surface area contributed by atoms with Crippen molar-refractivity contribution in [2.75, 3.05) is 44.8 Å². The molecule has 1 fully saturated rings. The van der Waals surface area contributed by atoms with Crippen LogP contribution in [0.5, 0.6) is 0 Å². The van der Waals surface area contributed by atoms with Crippen molar-refractivity contribution in [3.63, 3.8) is 0 Å². The first-order valence-corrected chi connectivity index (χ1v) is 8.78. The molecular formula is C18H20N6O3. The van der Waals surface area contributed by atoms with Gasteiger partial charge in [-0.05, 0) is 12.1 Å². The topological polar surface area (TPSA) is 116 Å². The zero-order chi connectivity index (χ0) is 18.6. The fourth-order valence-corrected chi connectivity index (χ4v) is 3.05. The number of rotatable bonds is 5. The van der Waals surface area contributed by atoms with Crippen molar-refractivity contribution >= 4 is 22.8 Å². The third kappa shape index (κ3) is 3.60. The van der Waals surface area contributed by atoms with E-state index in [1.54, 1.807) is 17.3 Å². The van der Waals surface area contributed by atoms with Gasteiger partial charge in [0.1, 0.15) is 17.2 Å². The zero-order valence-corrected chi connectivity index (χ0v) is 14.7. The van der Waals surface area contributed by atoms with Crippen LogP contribution in [0.15, 0.2) is 30.7 Å². The normalized spacial score (nSPS) is 14.5. The highest BCUT2D eigenvalue weighted by molar-refractivity contribution is 5.96. The van der Waals surface area contributed by atoms with Crippen molar-refractivity contribution in [2.24, 2.45) is 0 Å². The van der Waals surface area contributed by atoms with Gasteiger partial charge in [-0.3, -0.25) is 9.78 Å². The maximum atomic E-state index is 12.7. The highest BCUT2D eigenvalue weighted by Crippen LogP contribution is 2.28. The van der Waals surface area contributed by atoms with Gasteiger partial charge in [-0.2, -0.15) is 0 Å². The van der Waals surface area contributed by atoms with Crippen LogP contribution in [0, 0.1) is 0 Å². The van der Waals surface area contributed by atoms with Gasteiger partial charge < -0.3 is 25.0 Å². The van der Waals surface area contributed by atoms with Gasteiger partial charge in [0.15, 0.2) is 0 Å². The Labute approximate surface area is 155 Å². The maximum absolute atomic E-state index is 12.7. The van der Waals surface area contributed by atoms with Gasteiger partial charge in [0, 0.05) is 36.8 Å². The number of H-pyrrole nitrogens is 1. The third-order valence-corrected chi connectivity index (χ3v) is 4.37. The van der Waals surface area contributed by atoms with E-state index in [-0.39, 0.29) is 12.5 Å². The highest BCUT2D eigenvalue weighted by Gasteiger charge is 2.21. The second kappa shape index (κ2) is 7.68. The molecule has 1 saturated heterocycles. The van der Waals surface area contributed by atoms with E-state index in [0.29, 0.717) is 55.7 Å². The Morgan fingerprint density at radius 2 is 2.15 bits per heavy atom. The average molecular weight is 368 g/mol. The Kier molecular flexibility index (Phi) is 4.95. The lowest BCUT2D eigenvalue weighted by Gasteiger charge is -2.26. The number of amides is 1. The summed E-state index contributed by atoms with van der Waals surface area (Å²) in [5.41, 5.74) is 2.40. The molecule has 0 radical (unpaired) electrons. The van der Waals surface area contributed by atoms with E-state index >= 15 is 0 Å². The summed E-state index contributed by atoms with van der Waals surface area (Å²) in [6, 6.07) is 3.75. The number of fused-ring (bicyclic) bond motifs is 1. The minimum atomic E-state index is -0.148. The highest BCUT2D eigenvalue weighted by atomic mass is 16.5. The van der Waals surface area contributed by atoms with Gasteiger partial charge in [0.05, 0.1) is 37.9 Å². The Bertz CT molecular complexity index is 951. The molecule has 0 saturated carbocycles. The summed E-state index contributed by atoms with van der Waals surface area (Å²) in [5.74, 6) is 0.464. The van der Waals surface area contributed by atoms with Crippen LogP contribution in [0.4, 0.5) is 5.82 Å². The summed E-state index contributed by atoms with van der Waals surface area (Å²) < 4.78 is 5.30. The smallest absolute Gasteiger partial charge is 0.274 e. The second-order valence-corrected chi connectivity index (χ2v) is 6.14. The minimum absolute atomic E-state index is 0.00309. The molecule has 9 nitrogen and oxygen atoms in total. The lowest BCUT2D eigenvalue weighted by Crippen LogP contribution is -2.41. The first-order chi connectivity index (χ1) is 13.3. The predicted octanol–water partition coefficient (Wildman–Crippen LogP) is 0.896. The maximum Gasteiger partial charge on any atom is 0.274 e. The van der Waals surface area contributed by atoms with Gasteiger partial charge in [0.25, 0.3) is 5.91 Å². The molecule has 27 heavy (non-hydrogen) atoms. The fraction of sp³-hybridized carbons (Fsp3) is 0.333. The lowest BCUT2D eigenvalue weighted by atomic mass is 10.1. The number of aliphatic hydroxyl groups is 1.